The third-order valence-corrected chi connectivity index (χ3v) is 4.88. The highest BCUT2D eigenvalue weighted by Gasteiger charge is 2.16. The van der Waals surface area contributed by atoms with E-state index in [4.69, 9.17) is 11.6 Å². The van der Waals surface area contributed by atoms with Gasteiger partial charge in [0.2, 0.25) is 0 Å². The molecule has 2 rings (SSSR count). The lowest BCUT2D eigenvalue weighted by atomic mass is 10.2. The van der Waals surface area contributed by atoms with Crippen molar-refractivity contribution in [2.45, 2.75) is 49.3 Å². The van der Waals surface area contributed by atoms with E-state index in [2.05, 4.69) is 30.4 Å². The molecule has 0 unspecified atom stereocenters. The molecule has 94 valence electrons. The number of hydrogen-bond acceptors (Lipinski definition) is 2. The zero-order valence-corrected chi connectivity index (χ0v) is 11.9. The van der Waals surface area contributed by atoms with Gasteiger partial charge in [0.05, 0.1) is 0 Å². The monoisotopic (exact) mass is 269 g/mol. The van der Waals surface area contributed by atoms with Gasteiger partial charge in [-0.1, -0.05) is 37.4 Å². The molecule has 1 N–H and O–H groups in total. The Labute approximate surface area is 113 Å². The van der Waals surface area contributed by atoms with Crippen molar-refractivity contribution in [3.05, 3.63) is 28.8 Å². The Morgan fingerprint density at radius 2 is 2.12 bits per heavy atom. The lowest BCUT2D eigenvalue weighted by molar-refractivity contribution is 0.726. The highest BCUT2D eigenvalue weighted by molar-refractivity contribution is 8.00. The molecule has 1 fully saturated rings. The number of nitrogens with one attached hydrogen (secondary N) is 1. The first-order valence-electron chi connectivity index (χ1n) is 6.45. The molecule has 0 aliphatic heterocycles. The van der Waals surface area contributed by atoms with Crippen LogP contribution in [0.2, 0.25) is 5.02 Å². The quantitative estimate of drug-likeness (QED) is 0.846. The Balaban J connectivity index is 1.97. The minimum absolute atomic E-state index is 0.811. The maximum atomic E-state index is 6.30. The summed E-state index contributed by atoms with van der Waals surface area (Å²) in [5.41, 5.74) is 1.20. The molecule has 0 bridgehead atoms. The first-order valence-corrected chi connectivity index (χ1v) is 7.71. The molecule has 0 radical (unpaired) electrons. The lowest BCUT2D eigenvalue weighted by Gasteiger charge is -2.11. The van der Waals surface area contributed by atoms with Gasteiger partial charge in [0, 0.05) is 21.7 Å². The summed E-state index contributed by atoms with van der Waals surface area (Å²) < 4.78 is 0. The molecule has 1 aliphatic rings. The van der Waals surface area contributed by atoms with Crippen molar-refractivity contribution in [1.29, 1.82) is 0 Å². The number of hydrogen-bond donors (Lipinski definition) is 1. The molecule has 1 saturated carbocycles. The summed E-state index contributed by atoms with van der Waals surface area (Å²) in [5, 5.41) is 5.01. The molecule has 0 atom stereocenters. The van der Waals surface area contributed by atoms with Crippen LogP contribution in [0.15, 0.2) is 23.1 Å². The van der Waals surface area contributed by atoms with Gasteiger partial charge in [-0.15, -0.1) is 11.8 Å². The molecule has 1 aromatic carbocycles. The van der Waals surface area contributed by atoms with Gasteiger partial charge in [-0.2, -0.15) is 0 Å². The molecule has 1 nitrogen and oxygen atoms in total. The molecular formula is C14H20ClNS. The second-order valence-corrected chi connectivity index (χ2v) is 6.34. The maximum absolute atomic E-state index is 6.30. The van der Waals surface area contributed by atoms with E-state index in [0.717, 1.165) is 23.4 Å². The first-order chi connectivity index (χ1) is 8.29. The van der Waals surface area contributed by atoms with E-state index in [0.29, 0.717) is 0 Å². The second-order valence-electron chi connectivity index (χ2n) is 4.56. The van der Waals surface area contributed by atoms with Gasteiger partial charge in [0.15, 0.2) is 0 Å². The van der Waals surface area contributed by atoms with E-state index in [1.807, 2.05) is 11.8 Å². The van der Waals surface area contributed by atoms with Crippen molar-refractivity contribution in [2.24, 2.45) is 0 Å². The van der Waals surface area contributed by atoms with Crippen molar-refractivity contribution in [1.82, 2.24) is 5.32 Å². The summed E-state index contributed by atoms with van der Waals surface area (Å²) in [6.45, 7) is 3.96. The summed E-state index contributed by atoms with van der Waals surface area (Å²) in [7, 11) is 0. The highest BCUT2D eigenvalue weighted by Crippen LogP contribution is 2.36. The second kappa shape index (κ2) is 6.67. The van der Waals surface area contributed by atoms with Gasteiger partial charge in [-0.25, -0.2) is 0 Å². The third-order valence-electron chi connectivity index (χ3n) is 3.19. The predicted octanol–water partition coefficient (Wildman–Crippen LogP) is 4.48. The average Bonchev–Trinajstić information content (AvgIpc) is 2.81. The van der Waals surface area contributed by atoms with E-state index >= 15 is 0 Å². The maximum Gasteiger partial charge on any atom is 0.0462 e. The topological polar surface area (TPSA) is 12.0 Å². The van der Waals surface area contributed by atoms with Crippen molar-refractivity contribution in [2.75, 3.05) is 6.54 Å². The lowest BCUT2D eigenvalue weighted by Crippen LogP contribution is -2.11. The molecule has 0 saturated heterocycles. The van der Waals surface area contributed by atoms with E-state index in [9.17, 15) is 0 Å². The Hall–Kier alpha value is -0.180. The molecule has 0 aromatic heterocycles. The smallest absolute Gasteiger partial charge is 0.0462 e. The van der Waals surface area contributed by atoms with Crippen molar-refractivity contribution < 1.29 is 0 Å². The van der Waals surface area contributed by atoms with Crippen LogP contribution in [0.4, 0.5) is 0 Å². The summed E-state index contributed by atoms with van der Waals surface area (Å²) in [6, 6.07) is 6.49. The Morgan fingerprint density at radius 3 is 2.76 bits per heavy atom. The predicted molar refractivity (Wildman–Crippen MR) is 76.9 cm³/mol. The summed E-state index contributed by atoms with van der Waals surface area (Å²) in [4.78, 5) is 1.32. The van der Waals surface area contributed by atoms with Gasteiger partial charge in [0.1, 0.15) is 0 Å². The van der Waals surface area contributed by atoms with Crippen molar-refractivity contribution >= 4 is 23.4 Å². The fraction of sp³-hybridized carbons (Fsp3) is 0.571. The van der Waals surface area contributed by atoms with Crippen molar-refractivity contribution in [3.63, 3.8) is 0 Å². The van der Waals surface area contributed by atoms with Gasteiger partial charge in [-0.3, -0.25) is 0 Å². The van der Waals surface area contributed by atoms with E-state index in [1.165, 1.54) is 36.1 Å². The molecule has 1 aliphatic carbocycles. The van der Waals surface area contributed by atoms with Crippen LogP contribution in [0.3, 0.4) is 0 Å². The number of thioether (sulfide) groups is 1. The molecule has 17 heavy (non-hydrogen) atoms. The summed E-state index contributed by atoms with van der Waals surface area (Å²) >= 11 is 8.29. The Kier molecular flexibility index (Phi) is 5.20. The number of halogens is 1. The number of rotatable bonds is 5. The van der Waals surface area contributed by atoms with Gasteiger partial charge < -0.3 is 5.32 Å². The Morgan fingerprint density at radius 1 is 1.35 bits per heavy atom. The zero-order valence-electron chi connectivity index (χ0n) is 10.3. The fourth-order valence-corrected chi connectivity index (χ4v) is 3.80. The summed E-state index contributed by atoms with van der Waals surface area (Å²) in [6.07, 6.45) is 5.51. The van der Waals surface area contributed by atoms with E-state index in [-0.39, 0.29) is 0 Å². The number of benzene rings is 1. The molecule has 0 amide bonds. The van der Waals surface area contributed by atoms with E-state index < -0.39 is 0 Å². The van der Waals surface area contributed by atoms with Crippen LogP contribution in [-0.2, 0) is 6.54 Å². The van der Waals surface area contributed by atoms with Crippen LogP contribution in [0.1, 0.15) is 38.2 Å². The van der Waals surface area contributed by atoms with Crippen LogP contribution in [0.5, 0.6) is 0 Å². The SMILES string of the molecule is CCNCc1ccc(SC2CCCC2)cc1Cl. The van der Waals surface area contributed by atoms with Crippen LogP contribution in [0.25, 0.3) is 0 Å². The van der Waals surface area contributed by atoms with Crippen LogP contribution in [0, 0.1) is 0 Å². The minimum atomic E-state index is 0.811. The summed E-state index contributed by atoms with van der Waals surface area (Å²) in [5.74, 6) is 0. The molecule has 3 heteroatoms. The zero-order chi connectivity index (χ0) is 12.1. The molecule has 1 aromatic rings. The minimum Gasteiger partial charge on any atom is -0.313 e. The van der Waals surface area contributed by atoms with Gasteiger partial charge >= 0.3 is 0 Å². The van der Waals surface area contributed by atoms with Gasteiger partial charge in [0.25, 0.3) is 0 Å². The molecular weight excluding hydrogens is 250 g/mol. The molecule has 0 heterocycles. The molecule has 0 spiro atoms. The van der Waals surface area contributed by atoms with Gasteiger partial charge in [-0.05, 0) is 37.1 Å². The first kappa shape index (κ1) is 13.3. The normalized spacial score (nSPS) is 16.6. The standard InChI is InChI=1S/C14H20ClNS/c1-2-16-10-11-7-8-13(9-14(11)15)17-12-5-3-4-6-12/h7-9,12,16H,2-6,10H2,1H3. The van der Waals surface area contributed by atoms with Crippen LogP contribution >= 0.6 is 23.4 Å². The largest absolute Gasteiger partial charge is 0.313 e. The van der Waals surface area contributed by atoms with Crippen LogP contribution < -0.4 is 5.32 Å². The van der Waals surface area contributed by atoms with E-state index in [1.54, 1.807) is 0 Å². The Bertz CT molecular complexity index is 361. The van der Waals surface area contributed by atoms with Crippen LogP contribution in [-0.4, -0.2) is 11.8 Å². The average molecular weight is 270 g/mol. The van der Waals surface area contributed by atoms with Crippen molar-refractivity contribution in [3.8, 4) is 0 Å². The highest BCUT2D eigenvalue weighted by atomic mass is 35.5. The fourth-order valence-electron chi connectivity index (χ4n) is 2.20. The third kappa shape index (κ3) is 3.90.